The Labute approximate surface area is 209 Å². The van der Waals surface area contributed by atoms with Crippen LogP contribution in [0, 0.1) is 5.82 Å². The molecule has 1 atom stereocenters. The Morgan fingerprint density at radius 3 is 2.41 bits per heavy atom. The summed E-state index contributed by atoms with van der Waals surface area (Å²) in [6.07, 6.45) is 3.36. The van der Waals surface area contributed by atoms with Crippen molar-refractivity contribution < 1.29 is 26.7 Å². The van der Waals surface area contributed by atoms with Crippen LogP contribution in [-0.4, -0.2) is 51.1 Å². The molecule has 1 aromatic carbocycles. The van der Waals surface area contributed by atoms with Crippen LogP contribution in [-0.2, 0) is 6.18 Å². The summed E-state index contributed by atoms with van der Waals surface area (Å²) in [5.41, 5.74) is 2.44. The van der Waals surface area contributed by atoms with Crippen molar-refractivity contribution in [1.82, 2.24) is 25.1 Å². The van der Waals surface area contributed by atoms with E-state index in [1.165, 1.54) is 18.5 Å². The van der Waals surface area contributed by atoms with Gasteiger partial charge < -0.3 is 10.6 Å². The van der Waals surface area contributed by atoms with Gasteiger partial charge in [-0.3, -0.25) is 9.59 Å². The smallest absolute Gasteiger partial charge is 0.397 e. The minimum Gasteiger partial charge on any atom is -0.397 e. The molecule has 37 heavy (non-hydrogen) atoms. The van der Waals surface area contributed by atoms with Gasteiger partial charge in [-0.1, -0.05) is 13.3 Å². The number of nitrogens with one attached hydrogen (secondary N) is 1. The molecule has 0 saturated carbocycles. The highest BCUT2D eigenvalue weighted by Gasteiger charge is 2.36. The number of anilines is 1. The summed E-state index contributed by atoms with van der Waals surface area (Å²) >= 11 is 0. The van der Waals surface area contributed by atoms with Crippen LogP contribution in [0.4, 0.5) is 27.6 Å². The first-order valence-corrected chi connectivity index (χ1v) is 11.0. The summed E-state index contributed by atoms with van der Waals surface area (Å²) < 4.78 is 63.8. The number of carbonyl (C=O) groups is 1. The van der Waals surface area contributed by atoms with Crippen LogP contribution in [0.25, 0.3) is 17.5 Å². The second kappa shape index (κ2) is 13.2. The first-order chi connectivity index (χ1) is 17.5. The number of rotatable bonds is 8. The summed E-state index contributed by atoms with van der Waals surface area (Å²) in [5, 5.41) is 4.74. The quantitative estimate of drug-likeness (QED) is 0.329. The third kappa shape index (κ3) is 8.47. The van der Waals surface area contributed by atoms with Gasteiger partial charge in [0, 0.05) is 31.5 Å². The molecule has 0 amide bonds. The van der Waals surface area contributed by atoms with Gasteiger partial charge in [0.2, 0.25) is 0 Å². The summed E-state index contributed by atoms with van der Waals surface area (Å²) in [7, 11) is 1.75. The molecular formula is C24H25F5N6O2. The molecule has 13 heteroatoms. The number of benzene rings is 1. The molecule has 1 unspecified atom stereocenters. The van der Waals surface area contributed by atoms with E-state index in [4.69, 9.17) is 5.73 Å². The number of nitrogens with two attached hydrogens (primary N) is 1. The second-order valence-electron chi connectivity index (χ2n) is 7.82. The van der Waals surface area contributed by atoms with Gasteiger partial charge in [-0.2, -0.15) is 18.3 Å². The number of alkyl halides is 4. The Kier molecular flexibility index (Phi) is 10.4. The van der Waals surface area contributed by atoms with Crippen molar-refractivity contribution in [3.05, 3.63) is 75.9 Å². The maximum absolute atomic E-state index is 14.2. The van der Waals surface area contributed by atoms with Crippen molar-refractivity contribution in [2.45, 2.75) is 32.1 Å². The lowest BCUT2D eigenvalue weighted by molar-refractivity contribution is -0.138. The molecule has 3 rings (SSSR count). The summed E-state index contributed by atoms with van der Waals surface area (Å²) in [6, 6.07) is 4.33. The largest absolute Gasteiger partial charge is 0.423 e. The number of aromatic nitrogens is 4. The van der Waals surface area contributed by atoms with E-state index >= 15 is 0 Å². The number of H-pyrrole nitrogens is 1. The minimum absolute atomic E-state index is 0.211. The van der Waals surface area contributed by atoms with Crippen molar-refractivity contribution in [3.63, 3.8) is 0 Å². The first-order valence-electron chi connectivity index (χ1n) is 11.0. The molecule has 3 aromatic rings. The van der Waals surface area contributed by atoms with Gasteiger partial charge >= 0.3 is 6.18 Å². The van der Waals surface area contributed by atoms with E-state index in [-0.39, 0.29) is 23.5 Å². The maximum atomic E-state index is 14.2. The van der Waals surface area contributed by atoms with E-state index in [0.717, 1.165) is 18.7 Å². The van der Waals surface area contributed by atoms with Gasteiger partial charge in [0.1, 0.15) is 17.6 Å². The maximum Gasteiger partial charge on any atom is 0.423 e. The number of hydrogen-bond donors (Lipinski definition) is 2. The summed E-state index contributed by atoms with van der Waals surface area (Å²) in [6.45, 7) is 2.20. The average molecular weight is 524 g/mol. The van der Waals surface area contributed by atoms with Crippen molar-refractivity contribution in [3.8, 4) is 11.4 Å². The van der Waals surface area contributed by atoms with E-state index in [2.05, 4.69) is 15.1 Å². The van der Waals surface area contributed by atoms with E-state index in [9.17, 15) is 31.5 Å². The number of halogens is 5. The molecule has 0 aliphatic rings. The van der Waals surface area contributed by atoms with Gasteiger partial charge in [0.25, 0.3) is 5.56 Å². The van der Waals surface area contributed by atoms with Crippen molar-refractivity contribution in [2.24, 2.45) is 0 Å². The van der Waals surface area contributed by atoms with Gasteiger partial charge in [-0.15, -0.1) is 0 Å². The lowest BCUT2D eigenvalue weighted by atomic mass is 10.0. The Morgan fingerprint density at radius 2 is 1.86 bits per heavy atom. The van der Waals surface area contributed by atoms with Crippen molar-refractivity contribution >= 4 is 18.0 Å². The third-order valence-corrected chi connectivity index (χ3v) is 4.87. The van der Waals surface area contributed by atoms with Gasteiger partial charge in [-0.25, -0.2) is 23.8 Å². The standard InChI is InChI=1S/C19H21F2N3O.C5H4F3N3O/c1-3-5-16(20)12-24(2)9-6-14-10-17(18(21)11-15(14)13-25)19-22-7-4-8-23-19;6-5(7,8)3-2(9)1-10-11-4(3)12/h4,6-11,13,16H,3,5,12H2,1-2H3;1H,(H3,9,11,12)/b9-6-;. The number of nitrogen functional groups attached to an aromatic ring is 1. The fraction of sp³-hybridized carbons (Fsp3) is 0.292. The predicted molar refractivity (Wildman–Crippen MR) is 129 cm³/mol. The molecule has 0 aliphatic carbocycles. The third-order valence-electron chi connectivity index (χ3n) is 4.87. The molecule has 198 valence electrons. The van der Waals surface area contributed by atoms with Gasteiger partial charge in [-0.05, 0) is 42.5 Å². The highest BCUT2D eigenvalue weighted by molar-refractivity contribution is 5.84. The number of nitrogens with zero attached hydrogens (tertiary/aromatic N) is 4. The van der Waals surface area contributed by atoms with Crippen LogP contribution in [0.1, 0.15) is 41.3 Å². The molecule has 0 saturated heterocycles. The predicted octanol–water partition coefficient (Wildman–Crippen LogP) is 4.51. The van der Waals surface area contributed by atoms with Crippen LogP contribution in [0.3, 0.4) is 0 Å². The summed E-state index contributed by atoms with van der Waals surface area (Å²) in [4.78, 5) is 31.6. The number of carbonyl (C=O) groups excluding carboxylic acids is 1. The van der Waals surface area contributed by atoms with Crippen molar-refractivity contribution in [1.29, 1.82) is 0 Å². The molecular weight excluding hydrogens is 499 g/mol. The lowest BCUT2D eigenvalue weighted by Crippen LogP contribution is -2.24. The molecule has 0 spiro atoms. The second-order valence-corrected chi connectivity index (χ2v) is 7.82. The van der Waals surface area contributed by atoms with E-state index in [0.29, 0.717) is 18.3 Å². The highest BCUT2D eigenvalue weighted by Crippen LogP contribution is 2.29. The molecule has 2 heterocycles. The molecule has 2 aromatic heterocycles. The molecule has 8 nitrogen and oxygen atoms in total. The Bertz CT molecular complexity index is 1260. The van der Waals surface area contributed by atoms with Crippen LogP contribution in [0.15, 0.2) is 47.8 Å². The van der Waals surface area contributed by atoms with Crippen LogP contribution in [0.2, 0.25) is 0 Å². The summed E-state index contributed by atoms with van der Waals surface area (Å²) in [5.74, 6) is -0.321. The normalized spacial score (nSPS) is 12.1. The average Bonchev–Trinajstić information content (AvgIpc) is 2.83. The molecule has 0 bridgehead atoms. The van der Waals surface area contributed by atoms with Crippen LogP contribution < -0.4 is 11.3 Å². The van der Waals surface area contributed by atoms with E-state index in [1.54, 1.807) is 35.4 Å². The van der Waals surface area contributed by atoms with Gasteiger partial charge in [0.05, 0.1) is 17.4 Å². The highest BCUT2D eigenvalue weighted by atomic mass is 19.4. The van der Waals surface area contributed by atoms with E-state index < -0.39 is 35.0 Å². The molecule has 0 radical (unpaired) electrons. The Balaban J connectivity index is 0.000000335. The number of hydrogen-bond acceptors (Lipinski definition) is 7. The molecule has 3 N–H and O–H groups in total. The molecule has 0 fully saturated rings. The fourth-order valence-electron chi connectivity index (χ4n) is 3.15. The fourth-order valence-corrected chi connectivity index (χ4v) is 3.15. The zero-order chi connectivity index (χ0) is 27.6. The lowest BCUT2D eigenvalue weighted by Gasteiger charge is -2.17. The minimum atomic E-state index is -4.74. The first kappa shape index (κ1) is 29.1. The van der Waals surface area contributed by atoms with Gasteiger partial charge in [0.15, 0.2) is 12.1 Å². The van der Waals surface area contributed by atoms with Crippen LogP contribution >= 0.6 is 0 Å². The number of aldehydes is 1. The van der Waals surface area contributed by atoms with Crippen LogP contribution in [0.5, 0.6) is 0 Å². The SMILES string of the molecule is CCCC(F)CN(C)/C=C\c1cc(-c2ncccn2)c(F)cc1C=O.Nc1cn[nH]c(=O)c1C(F)(F)F. The Hall–Kier alpha value is -4.16. The monoisotopic (exact) mass is 524 g/mol. The van der Waals surface area contributed by atoms with E-state index in [1.807, 2.05) is 6.92 Å². The van der Waals surface area contributed by atoms with Crippen molar-refractivity contribution in [2.75, 3.05) is 19.3 Å². The Morgan fingerprint density at radius 1 is 1.19 bits per heavy atom. The zero-order valence-electron chi connectivity index (χ0n) is 20.0. The number of aromatic amines is 1. The zero-order valence-corrected chi connectivity index (χ0v) is 20.0. The molecule has 0 aliphatic heterocycles. The topological polar surface area (TPSA) is 118 Å².